The maximum Gasteiger partial charge on any atom is 0.124 e. The van der Waals surface area contributed by atoms with E-state index in [0.29, 0.717) is 11.2 Å². The topological polar surface area (TPSA) is 35.2 Å². The zero-order chi connectivity index (χ0) is 15.2. The average Bonchev–Trinajstić information content (AvgIpc) is 2.61. The average molecular weight is 332 g/mol. The van der Waals surface area contributed by atoms with Gasteiger partial charge >= 0.3 is 0 Å². The third-order valence-corrected chi connectivity index (χ3v) is 6.77. The minimum absolute atomic E-state index is 0.0160. The van der Waals surface area contributed by atoms with Crippen molar-refractivity contribution in [3.8, 4) is 5.75 Å². The summed E-state index contributed by atoms with van der Waals surface area (Å²) in [5.74, 6) is 3.32. The SMILES string of the molecule is NC(c1ccccc1OCc1ccccc1)C1SCCCS1. The minimum Gasteiger partial charge on any atom is -0.489 e. The Labute approximate surface area is 140 Å². The van der Waals surface area contributed by atoms with Crippen LogP contribution in [0.5, 0.6) is 5.75 Å². The van der Waals surface area contributed by atoms with E-state index in [9.17, 15) is 0 Å². The van der Waals surface area contributed by atoms with Crippen molar-refractivity contribution >= 4 is 23.5 Å². The summed E-state index contributed by atoms with van der Waals surface area (Å²) in [6.45, 7) is 0.579. The predicted octanol–water partition coefficient (Wildman–Crippen LogP) is 4.46. The number of hydrogen-bond donors (Lipinski definition) is 1. The summed E-state index contributed by atoms with van der Waals surface area (Å²) in [5.41, 5.74) is 8.81. The van der Waals surface area contributed by atoms with Crippen LogP contribution in [0.15, 0.2) is 54.6 Å². The van der Waals surface area contributed by atoms with Gasteiger partial charge in [0.1, 0.15) is 12.4 Å². The molecule has 4 heteroatoms. The summed E-state index contributed by atoms with van der Waals surface area (Å²) >= 11 is 3.94. The van der Waals surface area contributed by atoms with E-state index in [1.54, 1.807) is 0 Å². The first-order valence-electron chi connectivity index (χ1n) is 7.59. The van der Waals surface area contributed by atoms with E-state index in [2.05, 4.69) is 18.2 Å². The second-order valence-electron chi connectivity index (χ2n) is 5.30. The van der Waals surface area contributed by atoms with E-state index < -0.39 is 0 Å². The van der Waals surface area contributed by atoms with Crippen molar-refractivity contribution in [2.75, 3.05) is 11.5 Å². The largest absolute Gasteiger partial charge is 0.489 e. The molecule has 1 atom stereocenters. The van der Waals surface area contributed by atoms with Gasteiger partial charge in [0.15, 0.2) is 0 Å². The van der Waals surface area contributed by atoms with Crippen molar-refractivity contribution in [1.82, 2.24) is 0 Å². The van der Waals surface area contributed by atoms with Crippen molar-refractivity contribution in [2.45, 2.75) is 23.7 Å². The molecule has 1 saturated heterocycles. The molecule has 1 fully saturated rings. The molecule has 22 heavy (non-hydrogen) atoms. The van der Waals surface area contributed by atoms with Gasteiger partial charge in [-0.15, -0.1) is 23.5 Å². The molecule has 0 aliphatic carbocycles. The molecule has 1 aliphatic rings. The Kier molecular flexibility index (Phi) is 5.70. The zero-order valence-corrected chi connectivity index (χ0v) is 14.1. The van der Waals surface area contributed by atoms with Crippen LogP contribution in [0.4, 0.5) is 0 Å². The quantitative estimate of drug-likeness (QED) is 0.877. The first-order chi connectivity index (χ1) is 10.8. The highest BCUT2D eigenvalue weighted by molar-refractivity contribution is 8.17. The predicted molar refractivity (Wildman–Crippen MR) is 97.5 cm³/mol. The van der Waals surface area contributed by atoms with Gasteiger partial charge in [0.05, 0.1) is 10.6 Å². The van der Waals surface area contributed by atoms with Crippen LogP contribution in [0, 0.1) is 0 Å². The number of para-hydroxylation sites is 1. The fourth-order valence-corrected chi connectivity index (χ4v) is 5.42. The smallest absolute Gasteiger partial charge is 0.124 e. The summed E-state index contributed by atoms with van der Waals surface area (Å²) in [5, 5.41) is 0. The van der Waals surface area contributed by atoms with E-state index in [1.807, 2.05) is 59.9 Å². The van der Waals surface area contributed by atoms with Crippen LogP contribution in [0.3, 0.4) is 0 Å². The number of benzene rings is 2. The van der Waals surface area contributed by atoms with Gasteiger partial charge < -0.3 is 10.5 Å². The van der Waals surface area contributed by atoms with Crippen molar-refractivity contribution in [3.63, 3.8) is 0 Å². The van der Waals surface area contributed by atoms with Crippen molar-refractivity contribution < 1.29 is 4.74 Å². The van der Waals surface area contributed by atoms with Gasteiger partial charge in [0.25, 0.3) is 0 Å². The van der Waals surface area contributed by atoms with Crippen LogP contribution in [0.2, 0.25) is 0 Å². The van der Waals surface area contributed by atoms with E-state index in [0.717, 1.165) is 11.3 Å². The molecule has 0 saturated carbocycles. The van der Waals surface area contributed by atoms with Crippen molar-refractivity contribution in [2.24, 2.45) is 5.73 Å². The van der Waals surface area contributed by atoms with E-state index in [1.165, 1.54) is 23.5 Å². The van der Waals surface area contributed by atoms with Gasteiger partial charge in [0.2, 0.25) is 0 Å². The number of rotatable bonds is 5. The van der Waals surface area contributed by atoms with Gasteiger partial charge in [-0.25, -0.2) is 0 Å². The highest BCUT2D eigenvalue weighted by Gasteiger charge is 2.25. The van der Waals surface area contributed by atoms with Crippen LogP contribution in [0.1, 0.15) is 23.6 Å². The van der Waals surface area contributed by atoms with Gasteiger partial charge in [0, 0.05) is 5.56 Å². The van der Waals surface area contributed by atoms with E-state index >= 15 is 0 Å². The summed E-state index contributed by atoms with van der Waals surface area (Å²) in [6, 6.07) is 18.4. The fourth-order valence-electron chi connectivity index (χ4n) is 2.48. The van der Waals surface area contributed by atoms with E-state index in [-0.39, 0.29) is 6.04 Å². The summed E-state index contributed by atoms with van der Waals surface area (Å²) in [4.78, 5) is 0. The number of nitrogens with two attached hydrogens (primary N) is 1. The molecule has 2 aromatic rings. The fraction of sp³-hybridized carbons (Fsp3) is 0.333. The molecule has 116 valence electrons. The minimum atomic E-state index is 0.0160. The lowest BCUT2D eigenvalue weighted by atomic mass is 10.1. The summed E-state index contributed by atoms with van der Waals surface area (Å²) < 4.78 is 6.46. The standard InChI is InChI=1S/C18H21NOS2/c19-17(18-21-11-6-12-22-18)15-9-4-5-10-16(15)20-13-14-7-2-1-3-8-14/h1-5,7-10,17-18H,6,11-13,19H2. The van der Waals surface area contributed by atoms with Gasteiger partial charge in [-0.3, -0.25) is 0 Å². The molecule has 1 unspecified atom stereocenters. The molecule has 0 bridgehead atoms. The molecule has 0 aromatic heterocycles. The highest BCUT2D eigenvalue weighted by atomic mass is 32.2. The lowest BCUT2D eigenvalue weighted by molar-refractivity contribution is 0.301. The molecule has 2 nitrogen and oxygen atoms in total. The monoisotopic (exact) mass is 331 g/mol. The van der Waals surface area contributed by atoms with Crippen LogP contribution < -0.4 is 10.5 Å². The van der Waals surface area contributed by atoms with Crippen molar-refractivity contribution in [3.05, 3.63) is 65.7 Å². The first kappa shape index (κ1) is 15.8. The Balaban J connectivity index is 1.71. The van der Waals surface area contributed by atoms with Crippen LogP contribution in [0.25, 0.3) is 0 Å². The van der Waals surface area contributed by atoms with Crippen LogP contribution in [-0.2, 0) is 6.61 Å². The normalized spacial score (nSPS) is 17.1. The lowest BCUT2D eigenvalue weighted by Gasteiger charge is -2.28. The summed E-state index contributed by atoms with van der Waals surface area (Å²) in [7, 11) is 0. The van der Waals surface area contributed by atoms with Crippen LogP contribution in [-0.4, -0.2) is 16.1 Å². The molecule has 0 radical (unpaired) electrons. The maximum absolute atomic E-state index is 6.52. The second kappa shape index (κ2) is 7.95. The van der Waals surface area contributed by atoms with Gasteiger partial charge in [-0.2, -0.15) is 0 Å². The Bertz CT molecular complexity index is 585. The van der Waals surface area contributed by atoms with Crippen molar-refractivity contribution in [1.29, 1.82) is 0 Å². The second-order valence-corrected chi connectivity index (χ2v) is 8.10. The molecule has 1 heterocycles. The maximum atomic E-state index is 6.52. The Hall–Kier alpha value is -1.10. The van der Waals surface area contributed by atoms with Gasteiger partial charge in [-0.05, 0) is 29.6 Å². The highest BCUT2D eigenvalue weighted by Crippen LogP contribution is 2.40. The Morgan fingerprint density at radius 3 is 2.45 bits per heavy atom. The third-order valence-electron chi connectivity index (χ3n) is 3.66. The molecule has 3 rings (SSSR count). The number of hydrogen-bond acceptors (Lipinski definition) is 4. The van der Waals surface area contributed by atoms with Crippen LogP contribution >= 0.6 is 23.5 Å². The molecular formula is C18H21NOS2. The molecular weight excluding hydrogens is 310 g/mol. The molecule has 0 spiro atoms. The molecule has 2 N–H and O–H groups in total. The Morgan fingerprint density at radius 2 is 1.68 bits per heavy atom. The molecule has 0 amide bonds. The number of thioether (sulfide) groups is 2. The number of ether oxygens (including phenoxy) is 1. The zero-order valence-electron chi connectivity index (χ0n) is 12.5. The lowest BCUT2D eigenvalue weighted by Crippen LogP contribution is -2.24. The summed E-state index contributed by atoms with van der Waals surface area (Å²) in [6.07, 6.45) is 1.28. The van der Waals surface area contributed by atoms with Gasteiger partial charge in [-0.1, -0.05) is 48.5 Å². The Morgan fingerprint density at radius 1 is 1.00 bits per heavy atom. The first-order valence-corrected chi connectivity index (χ1v) is 9.69. The molecule has 1 aliphatic heterocycles. The molecule has 2 aromatic carbocycles. The van der Waals surface area contributed by atoms with E-state index in [4.69, 9.17) is 10.5 Å². The third kappa shape index (κ3) is 4.00.